The van der Waals surface area contributed by atoms with Crippen molar-refractivity contribution in [2.75, 3.05) is 0 Å². The highest BCUT2D eigenvalue weighted by Crippen LogP contribution is 2.34. The molecule has 0 spiro atoms. The molecule has 2 heteroatoms. The summed E-state index contributed by atoms with van der Waals surface area (Å²) in [5, 5.41) is 1.18. The first-order valence-electron chi connectivity index (χ1n) is 7.50. The van der Waals surface area contributed by atoms with Crippen molar-refractivity contribution in [2.45, 2.75) is 51.5 Å². The molecule has 1 fully saturated rings. The first-order valence-corrected chi connectivity index (χ1v) is 7.50. The van der Waals surface area contributed by atoms with E-state index in [1.807, 2.05) is 6.07 Å². The van der Waals surface area contributed by atoms with Crippen LogP contribution in [0.4, 0.5) is 0 Å². The molecule has 3 rings (SSSR count). The van der Waals surface area contributed by atoms with Gasteiger partial charge in [-0.15, -0.1) is 0 Å². The SMILES string of the molecule is Cc1ccc2oc(C(N)C3CCCCCC3)cc2c1. The first kappa shape index (κ1) is 12.7. The highest BCUT2D eigenvalue weighted by molar-refractivity contribution is 5.78. The van der Waals surface area contributed by atoms with Crippen LogP contribution < -0.4 is 5.73 Å². The fourth-order valence-electron chi connectivity index (χ4n) is 3.25. The second kappa shape index (κ2) is 5.38. The Kier molecular flexibility index (Phi) is 3.61. The number of nitrogens with two attached hydrogens (primary N) is 1. The van der Waals surface area contributed by atoms with E-state index in [9.17, 15) is 0 Å². The molecule has 1 aliphatic rings. The molecule has 1 heterocycles. The van der Waals surface area contributed by atoms with E-state index in [0.717, 1.165) is 11.3 Å². The van der Waals surface area contributed by atoms with Crippen LogP contribution in [0.25, 0.3) is 11.0 Å². The Morgan fingerprint density at radius 1 is 1.11 bits per heavy atom. The molecule has 0 aliphatic heterocycles. The van der Waals surface area contributed by atoms with Gasteiger partial charge in [-0.05, 0) is 43.9 Å². The molecule has 2 nitrogen and oxygen atoms in total. The minimum Gasteiger partial charge on any atom is -0.459 e. The number of fused-ring (bicyclic) bond motifs is 1. The van der Waals surface area contributed by atoms with Crippen molar-refractivity contribution in [3.63, 3.8) is 0 Å². The van der Waals surface area contributed by atoms with Gasteiger partial charge < -0.3 is 10.2 Å². The number of furan rings is 1. The molecule has 2 aromatic rings. The summed E-state index contributed by atoms with van der Waals surface area (Å²) in [5.74, 6) is 1.55. The fraction of sp³-hybridized carbons (Fsp3) is 0.529. The maximum Gasteiger partial charge on any atom is 0.134 e. The second-order valence-electron chi connectivity index (χ2n) is 5.97. The lowest BCUT2D eigenvalue weighted by Gasteiger charge is -2.20. The van der Waals surface area contributed by atoms with E-state index in [1.165, 1.54) is 49.5 Å². The number of hydrogen-bond acceptors (Lipinski definition) is 2. The van der Waals surface area contributed by atoms with Gasteiger partial charge in [0.05, 0.1) is 6.04 Å². The summed E-state index contributed by atoms with van der Waals surface area (Å²) >= 11 is 0. The van der Waals surface area contributed by atoms with Crippen LogP contribution >= 0.6 is 0 Å². The molecule has 0 amide bonds. The summed E-state index contributed by atoms with van der Waals surface area (Å²) in [4.78, 5) is 0. The van der Waals surface area contributed by atoms with Crippen molar-refractivity contribution in [3.8, 4) is 0 Å². The number of aryl methyl sites for hydroxylation is 1. The number of hydrogen-bond donors (Lipinski definition) is 1. The van der Waals surface area contributed by atoms with Crippen LogP contribution in [0.2, 0.25) is 0 Å². The van der Waals surface area contributed by atoms with Crippen LogP contribution in [0.15, 0.2) is 28.7 Å². The molecule has 1 aromatic heterocycles. The topological polar surface area (TPSA) is 39.2 Å². The van der Waals surface area contributed by atoms with Gasteiger partial charge in [-0.2, -0.15) is 0 Å². The van der Waals surface area contributed by atoms with E-state index in [1.54, 1.807) is 0 Å². The third-order valence-electron chi connectivity index (χ3n) is 4.43. The fourth-order valence-corrected chi connectivity index (χ4v) is 3.25. The van der Waals surface area contributed by atoms with E-state index < -0.39 is 0 Å². The number of rotatable bonds is 2. The third-order valence-corrected chi connectivity index (χ3v) is 4.43. The summed E-state index contributed by atoms with van der Waals surface area (Å²) in [5.41, 5.74) is 8.68. The third kappa shape index (κ3) is 2.69. The zero-order valence-electron chi connectivity index (χ0n) is 11.7. The van der Waals surface area contributed by atoms with Crippen molar-refractivity contribution in [1.29, 1.82) is 0 Å². The van der Waals surface area contributed by atoms with Crippen molar-refractivity contribution in [2.24, 2.45) is 11.7 Å². The molecule has 0 bridgehead atoms. The molecule has 2 N–H and O–H groups in total. The van der Waals surface area contributed by atoms with E-state index in [4.69, 9.17) is 10.2 Å². The zero-order chi connectivity index (χ0) is 13.2. The lowest BCUT2D eigenvalue weighted by molar-refractivity contribution is 0.339. The van der Waals surface area contributed by atoms with Crippen molar-refractivity contribution in [3.05, 3.63) is 35.6 Å². The summed E-state index contributed by atoms with van der Waals surface area (Å²) in [6.07, 6.45) is 7.86. The average molecular weight is 257 g/mol. The monoisotopic (exact) mass is 257 g/mol. The van der Waals surface area contributed by atoms with E-state index in [2.05, 4.69) is 25.1 Å². The maximum absolute atomic E-state index is 6.45. The van der Waals surface area contributed by atoms with Crippen molar-refractivity contribution in [1.82, 2.24) is 0 Å². The maximum atomic E-state index is 6.45. The predicted octanol–water partition coefficient (Wildman–Crippen LogP) is 4.71. The van der Waals surface area contributed by atoms with Crippen LogP contribution in [0.3, 0.4) is 0 Å². The van der Waals surface area contributed by atoms with Crippen LogP contribution in [0, 0.1) is 12.8 Å². The minimum absolute atomic E-state index is 0.0609. The highest BCUT2D eigenvalue weighted by Gasteiger charge is 2.23. The van der Waals surface area contributed by atoms with Gasteiger partial charge in [0.25, 0.3) is 0 Å². The molecule has 19 heavy (non-hydrogen) atoms. The Hall–Kier alpha value is -1.28. The summed E-state index contributed by atoms with van der Waals surface area (Å²) < 4.78 is 5.95. The molecule has 1 atom stereocenters. The largest absolute Gasteiger partial charge is 0.459 e. The van der Waals surface area contributed by atoms with Crippen molar-refractivity contribution < 1.29 is 4.42 Å². The minimum atomic E-state index is 0.0609. The quantitative estimate of drug-likeness (QED) is 0.791. The molecule has 102 valence electrons. The lowest BCUT2D eigenvalue weighted by Crippen LogP contribution is -2.20. The van der Waals surface area contributed by atoms with Crippen molar-refractivity contribution >= 4 is 11.0 Å². The Morgan fingerprint density at radius 3 is 2.58 bits per heavy atom. The standard InChI is InChI=1S/C17H23NO/c1-12-8-9-15-14(10-12)11-16(19-15)17(18)13-6-4-2-3-5-7-13/h8-11,13,17H,2-7,18H2,1H3. The number of benzene rings is 1. The summed E-state index contributed by atoms with van der Waals surface area (Å²) in [7, 11) is 0. The smallest absolute Gasteiger partial charge is 0.134 e. The van der Waals surface area contributed by atoms with Gasteiger partial charge in [-0.25, -0.2) is 0 Å². The van der Waals surface area contributed by atoms with E-state index >= 15 is 0 Å². The Morgan fingerprint density at radius 2 is 1.84 bits per heavy atom. The molecule has 0 radical (unpaired) electrons. The predicted molar refractivity (Wildman–Crippen MR) is 79.1 cm³/mol. The molecule has 1 aromatic carbocycles. The first-order chi connectivity index (χ1) is 9.24. The van der Waals surface area contributed by atoms with Gasteiger partial charge in [0.2, 0.25) is 0 Å². The summed E-state index contributed by atoms with van der Waals surface area (Å²) in [6.45, 7) is 2.11. The highest BCUT2D eigenvalue weighted by atomic mass is 16.3. The van der Waals surface area contributed by atoms with E-state index in [0.29, 0.717) is 5.92 Å². The molecular formula is C17H23NO. The van der Waals surface area contributed by atoms with Crippen LogP contribution in [-0.4, -0.2) is 0 Å². The van der Waals surface area contributed by atoms with Crippen LogP contribution in [0.1, 0.15) is 55.9 Å². The zero-order valence-corrected chi connectivity index (χ0v) is 11.7. The van der Waals surface area contributed by atoms with Gasteiger partial charge >= 0.3 is 0 Å². The molecule has 1 aliphatic carbocycles. The van der Waals surface area contributed by atoms with Crippen LogP contribution in [-0.2, 0) is 0 Å². The van der Waals surface area contributed by atoms with Crippen LogP contribution in [0.5, 0.6) is 0 Å². The molecular weight excluding hydrogens is 234 g/mol. The molecule has 1 saturated carbocycles. The average Bonchev–Trinajstić information content (AvgIpc) is 2.64. The molecule has 0 saturated heterocycles. The van der Waals surface area contributed by atoms with Gasteiger partial charge in [-0.1, -0.05) is 37.3 Å². The summed E-state index contributed by atoms with van der Waals surface area (Å²) in [6, 6.07) is 8.51. The van der Waals surface area contributed by atoms with Gasteiger partial charge in [0.15, 0.2) is 0 Å². The van der Waals surface area contributed by atoms with Gasteiger partial charge in [0, 0.05) is 5.39 Å². The second-order valence-corrected chi connectivity index (χ2v) is 5.97. The normalized spacial score (nSPS) is 19.5. The van der Waals surface area contributed by atoms with Gasteiger partial charge in [-0.3, -0.25) is 0 Å². The van der Waals surface area contributed by atoms with E-state index in [-0.39, 0.29) is 6.04 Å². The van der Waals surface area contributed by atoms with Gasteiger partial charge in [0.1, 0.15) is 11.3 Å². The Balaban J connectivity index is 1.85. The Labute approximate surface area is 115 Å². The Bertz CT molecular complexity index is 549. The molecule has 1 unspecified atom stereocenters. The lowest BCUT2D eigenvalue weighted by atomic mass is 9.91.